The second kappa shape index (κ2) is 8.68. The molecule has 0 aliphatic carbocycles. The Labute approximate surface area is 143 Å². The summed E-state index contributed by atoms with van der Waals surface area (Å²) >= 11 is 0. The summed E-state index contributed by atoms with van der Waals surface area (Å²) in [5.41, 5.74) is 1.72. The summed E-state index contributed by atoms with van der Waals surface area (Å²) in [6.45, 7) is 5.06. The lowest BCUT2D eigenvalue weighted by atomic mass is 10.1. The number of methoxy groups -OCH3 is 1. The fourth-order valence-electron chi connectivity index (χ4n) is 2.79. The number of ether oxygens (including phenoxy) is 2. The molecule has 1 atom stereocenters. The van der Waals surface area contributed by atoms with E-state index in [1.165, 1.54) is 6.92 Å². The van der Waals surface area contributed by atoms with Crippen molar-refractivity contribution in [2.24, 2.45) is 0 Å². The zero-order valence-electron chi connectivity index (χ0n) is 14.6. The Kier molecular flexibility index (Phi) is 6.61. The summed E-state index contributed by atoms with van der Waals surface area (Å²) < 4.78 is 10.8. The molecule has 132 valence electrons. The minimum Gasteiger partial charge on any atom is -0.495 e. The van der Waals surface area contributed by atoms with Gasteiger partial charge in [0.05, 0.1) is 18.9 Å². The normalized spacial score (nSPS) is 16.7. The second-order valence-corrected chi connectivity index (χ2v) is 6.04. The van der Waals surface area contributed by atoms with Crippen LogP contribution in [-0.2, 0) is 14.3 Å². The summed E-state index contributed by atoms with van der Waals surface area (Å²) in [7, 11) is 1.57. The van der Waals surface area contributed by atoms with Gasteiger partial charge in [0.15, 0.2) is 0 Å². The molecule has 2 amide bonds. The highest BCUT2D eigenvalue weighted by molar-refractivity contribution is 5.94. The fourth-order valence-corrected chi connectivity index (χ4v) is 2.79. The molecule has 24 heavy (non-hydrogen) atoms. The third-order valence-corrected chi connectivity index (χ3v) is 4.12. The van der Waals surface area contributed by atoms with Crippen LogP contribution in [0.25, 0.3) is 0 Å². The average Bonchev–Trinajstić information content (AvgIpc) is 3.06. The highest BCUT2D eigenvalue weighted by atomic mass is 16.5. The first-order chi connectivity index (χ1) is 11.5. The summed E-state index contributed by atoms with van der Waals surface area (Å²) in [5.74, 6) is 0.421. The molecule has 1 aliphatic rings. The molecule has 1 unspecified atom stereocenters. The number of hydrogen-bond donors (Lipinski definition) is 1. The predicted octanol–water partition coefficient (Wildman–Crippen LogP) is 2.04. The zero-order chi connectivity index (χ0) is 17.5. The first kappa shape index (κ1) is 18.3. The van der Waals surface area contributed by atoms with E-state index in [4.69, 9.17) is 9.47 Å². The lowest BCUT2D eigenvalue weighted by Crippen LogP contribution is -2.36. The Hall–Kier alpha value is -2.08. The molecule has 1 heterocycles. The first-order valence-corrected chi connectivity index (χ1v) is 8.32. The van der Waals surface area contributed by atoms with E-state index in [2.05, 4.69) is 5.32 Å². The van der Waals surface area contributed by atoms with E-state index in [9.17, 15) is 9.59 Å². The Morgan fingerprint density at radius 2 is 2.21 bits per heavy atom. The van der Waals surface area contributed by atoms with Gasteiger partial charge in [-0.3, -0.25) is 9.59 Å². The van der Waals surface area contributed by atoms with Crippen LogP contribution < -0.4 is 15.0 Å². The van der Waals surface area contributed by atoms with Crippen LogP contribution in [0.1, 0.15) is 31.7 Å². The van der Waals surface area contributed by atoms with Crippen molar-refractivity contribution in [3.63, 3.8) is 0 Å². The lowest BCUT2D eigenvalue weighted by molar-refractivity contribution is -0.121. The zero-order valence-corrected chi connectivity index (χ0v) is 14.6. The van der Waals surface area contributed by atoms with Gasteiger partial charge in [0.25, 0.3) is 0 Å². The number of carbonyl (C=O) groups is 2. The predicted molar refractivity (Wildman–Crippen MR) is 92.4 cm³/mol. The van der Waals surface area contributed by atoms with E-state index in [0.29, 0.717) is 24.5 Å². The Morgan fingerprint density at radius 3 is 2.83 bits per heavy atom. The SMILES string of the molecule is COc1ccc(C)cc1N(CCC(=O)NCC1CCCO1)C(C)=O. The van der Waals surface area contributed by atoms with Crippen molar-refractivity contribution in [1.29, 1.82) is 0 Å². The van der Waals surface area contributed by atoms with E-state index in [1.807, 2.05) is 25.1 Å². The van der Waals surface area contributed by atoms with Crippen molar-refractivity contribution in [3.8, 4) is 5.75 Å². The van der Waals surface area contributed by atoms with E-state index in [1.54, 1.807) is 12.0 Å². The van der Waals surface area contributed by atoms with Gasteiger partial charge in [0.1, 0.15) is 5.75 Å². The fraction of sp³-hybridized carbons (Fsp3) is 0.556. The van der Waals surface area contributed by atoms with Crippen molar-refractivity contribution >= 4 is 17.5 Å². The molecule has 1 aromatic carbocycles. The van der Waals surface area contributed by atoms with Gasteiger partial charge < -0.3 is 19.7 Å². The number of nitrogens with zero attached hydrogens (tertiary/aromatic N) is 1. The molecule has 0 spiro atoms. The number of benzene rings is 1. The van der Waals surface area contributed by atoms with Crippen LogP contribution in [-0.4, -0.2) is 44.7 Å². The molecule has 1 saturated heterocycles. The number of hydrogen-bond acceptors (Lipinski definition) is 4. The summed E-state index contributed by atoms with van der Waals surface area (Å²) in [6, 6.07) is 5.65. The molecule has 0 saturated carbocycles. The lowest BCUT2D eigenvalue weighted by Gasteiger charge is -2.23. The Balaban J connectivity index is 1.95. The molecular formula is C18H26N2O4. The van der Waals surface area contributed by atoms with Crippen molar-refractivity contribution < 1.29 is 19.1 Å². The maximum Gasteiger partial charge on any atom is 0.223 e. The number of nitrogens with one attached hydrogen (secondary N) is 1. The first-order valence-electron chi connectivity index (χ1n) is 8.32. The van der Waals surface area contributed by atoms with Gasteiger partial charge in [-0.1, -0.05) is 6.07 Å². The van der Waals surface area contributed by atoms with Crippen LogP contribution in [0.15, 0.2) is 18.2 Å². The number of carbonyl (C=O) groups excluding carboxylic acids is 2. The van der Waals surface area contributed by atoms with Gasteiger partial charge in [-0.05, 0) is 37.5 Å². The largest absolute Gasteiger partial charge is 0.495 e. The average molecular weight is 334 g/mol. The molecular weight excluding hydrogens is 308 g/mol. The van der Waals surface area contributed by atoms with Gasteiger partial charge in [0, 0.05) is 33.0 Å². The van der Waals surface area contributed by atoms with E-state index < -0.39 is 0 Å². The maximum atomic E-state index is 12.0. The van der Waals surface area contributed by atoms with Crippen LogP contribution in [0.4, 0.5) is 5.69 Å². The van der Waals surface area contributed by atoms with E-state index in [-0.39, 0.29) is 24.3 Å². The molecule has 2 rings (SSSR count). The van der Waals surface area contributed by atoms with Crippen molar-refractivity contribution in [3.05, 3.63) is 23.8 Å². The van der Waals surface area contributed by atoms with Gasteiger partial charge in [-0.25, -0.2) is 0 Å². The second-order valence-electron chi connectivity index (χ2n) is 6.04. The third-order valence-electron chi connectivity index (χ3n) is 4.12. The summed E-state index contributed by atoms with van der Waals surface area (Å²) in [5, 5.41) is 2.88. The molecule has 6 nitrogen and oxygen atoms in total. The van der Waals surface area contributed by atoms with Crippen LogP contribution in [0.3, 0.4) is 0 Å². The quantitative estimate of drug-likeness (QED) is 0.828. The van der Waals surface area contributed by atoms with Crippen molar-refractivity contribution in [1.82, 2.24) is 5.32 Å². The van der Waals surface area contributed by atoms with Crippen molar-refractivity contribution in [2.45, 2.75) is 39.2 Å². The van der Waals surface area contributed by atoms with Crippen LogP contribution in [0.2, 0.25) is 0 Å². The minimum absolute atomic E-state index is 0.0802. The standard InChI is InChI=1S/C18H26N2O4/c1-13-6-7-17(23-3)16(11-13)20(14(2)21)9-8-18(22)19-12-15-5-4-10-24-15/h6-7,11,15H,4-5,8-10,12H2,1-3H3,(H,19,22). The number of aryl methyl sites for hydroxylation is 1. The molecule has 1 aliphatic heterocycles. The van der Waals surface area contributed by atoms with Crippen LogP contribution in [0, 0.1) is 6.92 Å². The highest BCUT2D eigenvalue weighted by Crippen LogP contribution is 2.29. The van der Waals surface area contributed by atoms with Crippen molar-refractivity contribution in [2.75, 3.05) is 31.7 Å². The van der Waals surface area contributed by atoms with Gasteiger partial charge in [-0.15, -0.1) is 0 Å². The highest BCUT2D eigenvalue weighted by Gasteiger charge is 2.19. The number of amides is 2. The van der Waals surface area contributed by atoms with Crippen LogP contribution >= 0.6 is 0 Å². The number of rotatable bonds is 7. The summed E-state index contributed by atoms with van der Waals surface area (Å²) in [4.78, 5) is 25.6. The molecule has 0 aromatic heterocycles. The molecule has 0 radical (unpaired) electrons. The topological polar surface area (TPSA) is 67.9 Å². The minimum atomic E-state index is -0.120. The smallest absolute Gasteiger partial charge is 0.223 e. The molecule has 1 aromatic rings. The van der Waals surface area contributed by atoms with Gasteiger partial charge in [-0.2, -0.15) is 0 Å². The number of anilines is 1. The third kappa shape index (κ3) is 4.96. The monoisotopic (exact) mass is 334 g/mol. The summed E-state index contributed by atoms with van der Waals surface area (Å²) in [6.07, 6.45) is 2.39. The molecule has 1 fully saturated rings. The molecule has 6 heteroatoms. The van der Waals surface area contributed by atoms with Gasteiger partial charge >= 0.3 is 0 Å². The maximum absolute atomic E-state index is 12.0. The molecule has 1 N–H and O–H groups in total. The van der Waals surface area contributed by atoms with Gasteiger partial charge in [0.2, 0.25) is 11.8 Å². The van der Waals surface area contributed by atoms with E-state index in [0.717, 1.165) is 25.0 Å². The Bertz CT molecular complexity index is 582. The Morgan fingerprint density at radius 1 is 1.42 bits per heavy atom. The van der Waals surface area contributed by atoms with Crippen LogP contribution in [0.5, 0.6) is 5.75 Å². The van der Waals surface area contributed by atoms with E-state index >= 15 is 0 Å². The molecule has 0 bridgehead atoms.